The summed E-state index contributed by atoms with van der Waals surface area (Å²) in [6, 6.07) is 4.14. The highest BCUT2D eigenvalue weighted by Gasteiger charge is 2.20. The first-order chi connectivity index (χ1) is 10.3. The summed E-state index contributed by atoms with van der Waals surface area (Å²) in [5.74, 6) is -2.14. The first kappa shape index (κ1) is 17.1. The van der Waals surface area contributed by atoms with Crippen LogP contribution in [0.3, 0.4) is 0 Å². The number of nitrogens with one attached hydrogen (secondary N) is 2. The highest BCUT2D eigenvalue weighted by Crippen LogP contribution is 2.15. The predicted molar refractivity (Wildman–Crippen MR) is 76.2 cm³/mol. The van der Waals surface area contributed by atoms with E-state index in [0.717, 1.165) is 0 Å². The van der Waals surface area contributed by atoms with Crippen LogP contribution in [0.5, 0.6) is 0 Å². The maximum Gasteiger partial charge on any atom is 0.303 e. The highest BCUT2D eigenvalue weighted by atomic mass is 16.6. The number of non-ortho nitro benzene ring substituents is 1. The Kier molecular flexibility index (Phi) is 5.99. The summed E-state index contributed by atoms with van der Waals surface area (Å²) >= 11 is 0. The summed E-state index contributed by atoms with van der Waals surface area (Å²) < 4.78 is 0. The molecule has 3 N–H and O–H groups in total. The van der Waals surface area contributed by atoms with Crippen molar-refractivity contribution in [1.82, 2.24) is 5.32 Å². The van der Waals surface area contributed by atoms with E-state index >= 15 is 0 Å². The number of nitrogens with zero attached hydrogens (tertiary/aromatic N) is 1. The molecule has 0 radical (unpaired) electrons. The van der Waals surface area contributed by atoms with Gasteiger partial charge in [-0.2, -0.15) is 0 Å². The molecule has 0 heterocycles. The van der Waals surface area contributed by atoms with Gasteiger partial charge in [-0.25, -0.2) is 0 Å². The van der Waals surface area contributed by atoms with E-state index < -0.39 is 28.7 Å². The molecule has 9 nitrogen and oxygen atoms in total. The van der Waals surface area contributed by atoms with Crippen LogP contribution in [0, 0.1) is 10.1 Å². The van der Waals surface area contributed by atoms with Crippen LogP contribution in [-0.2, 0) is 14.4 Å². The first-order valence-corrected chi connectivity index (χ1v) is 6.34. The number of hydrogen-bond acceptors (Lipinski definition) is 5. The molecule has 2 amide bonds. The number of hydrogen-bond donors (Lipinski definition) is 3. The number of carboxylic acids is 1. The van der Waals surface area contributed by atoms with Crippen molar-refractivity contribution in [3.05, 3.63) is 34.4 Å². The van der Waals surface area contributed by atoms with Gasteiger partial charge in [-0.1, -0.05) is 0 Å². The van der Waals surface area contributed by atoms with Gasteiger partial charge in [0.1, 0.15) is 6.04 Å². The van der Waals surface area contributed by atoms with Crippen LogP contribution >= 0.6 is 0 Å². The van der Waals surface area contributed by atoms with E-state index in [-0.39, 0.29) is 18.5 Å². The average Bonchev–Trinajstić information content (AvgIpc) is 2.43. The monoisotopic (exact) mass is 309 g/mol. The number of nitro benzene ring substituents is 1. The van der Waals surface area contributed by atoms with Gasteiger partial charge in [0, 0.05) is 31.2 Å². The van der Waals surface area contributed by atoms with Gasteiger partial charge in [0.25, 0.3) is 5.69 Å². The van der Waals surface area contributed by atoms with Crippen molar-refractivity contribution in [2.45, 2.75) is 25.8 Å². The van der Waals surface area contributed by atoms with Crippen LogP contribution in [0.15, 0.2) is 24.3 Å². The zero-order valence-electron chi connectivity index (χ0n) is 11.7. The summed E-state index contributed by atoms with van der Waals surface area (Å²) in [7, 11) is 0. The number of carboxylic acid groups (broad SMARTS) is 1. The summed E-state index contributed by atoms with van der Waals surface area (Å²) in [5.41, 5.74) is 0.184. The Morgan fingerprint density at radius 1 is 1.27 bits per heavy atom. The van der Waals surface area contributed by atoms with Crippen molar-refractivity contribution >= 4 is 29.2 Å². The molecule has 0 aliphatic carbocycles. The quantitative estimate of drug-likeness (QED) is 0.505. The average molecular weight is 309 g/mol. The second kappa shape index (κ2) is 7.72. The third-order valence-electron chi connectivity index (χ3n) is 2.69. The van der Waals surface area contributed by atoms with Crippen molar-refractivity contribution in [3.63, 3.8) is 0 Å². The van der Waals surface area contributed by atoms with Crippen LogP contribution in [0.4, 0.5) is 11.4 Å². The Morgan fingerprint density at radius 2 is 1.86 bits per heavy atom. The number of nitro groups is 1. The SMILES string of the molecule is CC(=O)NC(CCC(=O)O)C(=O)Nc1ccc([N+](=O)[O-])cc1. The Bertz CT molecular complexity index is 584. The lowest BCUT2D eigenvalue weighted by molar-refractivity contribution is -0.384. The van der Waals surface area contributed by atoms with E-state index in [1.54, 1.807) is 0 Å². The molecular weight excluding hydrogens is 294 g/mol. The second-order valence-electron chi connectivity index (χ2n) is 4.48. The van der Waals surface area contributed by atoms with Crippen LogP contribution in [0.1, 0.15) is 19.8 Å². The molecule has 0 bridgehead atoms. The highest BCUT2D eigenvalue weighted by molar-refractivity contribution is 5.97. The molecule has 0 aliphatic rings. The third-order valence-corrected chi connectivity index (χ3v) is 2.69. The van der Waals surface area contributed by atoms with Gasteiger partial charge in [-0.3, -0.25) is 24.5 Å². The number of aliphatic carboxylic acids is 1. The lowest BCUT2D eigenvalue weighted by Gasteiger charge is -2.16. The van der Waals surface area contributed by atoms with Gasteiger partial charge in [0.2, 0.25) is 11.8 Å². The minimum atomic E-state index is -1.08. The van der Waals surface area contributed by atoms with Gasteiger partial charge < -0.3 is 15.7 Å². The van der Waals surface area contributed by atoms with E-state index in [0.29, 0.717) is 5.69 Å². The van der Waals surface area contributed by atoms with Crippen LogP contribution < -0.4 is 10.6 Å². The molecule has 22 heavy (non-hydrogen) atoms. The van der Waals surface area contributed by atoms with E-state index in [1.165, 1.54) is 31.2 Å². The lowest BCUT2D eigenvalue weighted by Crippen LogP contribution is -2.43. The molecule has 9 heteroatoms. The largest absolute Gasteiger partial charge is 0.481 e. The minimum Gasteiger partial charge on any atom is -0.481 e. The molecule has 1 unspecified atom stereocenters. The number of carbonyl (C=O) groups is 3. The molecule has 0 saturated heterocycles. The molecule has 0 aromatic heterocycles. The van der Waals surface area contributed by atoms with E-state index in [4.69, 9.17) is 5.11 Å². The normalized spacial score (nSPS) is 11.3. The Labute approximate surface area is 125 Å². The van der Waals surface area contributed by atoms with Crippen molar-refractivity contribution in [2.24, 2.45) is 0 Å². The maximum atomic E-state index is 12.0. The Hall–Kier alpha value is -2.97. The van der Waals surface area contributed by atoms with Gasteiger partial charge in [0.15, 0.2) is 0 Å². The molecular formula is C13H15N3O6. The smallest absolute Gasteiger partial charge is 0.303 e. The van der Waals surface area contributed by atoms with E-state index in [1.807, 2.05) is 0 Å². The predicted octanol–water partition coefficient (Wildman–Crippen LogP) is 0.903. The van der Waals surface area contributed by atoms with Gasteiger partial charge in [0.05, 0.1) is 4.92 Å². The summed E-state index contributed by atoms with van der Waals surface area (Å²) in [5, 5.41) is 24.0. The first-order valence-electron chi connectivity index (χ1n) is 6.34. The van der Waals surface area contributed by atoms with E-state index in [2.05, 4.69) is 10.6 Å². The Balaban J connectivity index is 2.74. The van der Waals surface area contributed by atoms with Crippen molar-refractivity contribution in [3.8, 4) is 0 Å². The number of anilines is 1. The number of carbonyl (C=O) groups excluding carboxylic acids is 2. The lowest BCUT2D eigenvalue weighted by atomic mass is 10.1. The molecule has 1 aromatic rings. The van der Waals surface area contributed by atoms with Gasteiger partial charge in [-0.15, -0.1) is 0 Å². The van der Waals surface area contributed by atoms with Crippen molar-refractivity contribution in [2.75, 3.05) is 5.32 Å². The topological polar surface area (TPSA) is 139 Å². The molecule has 0 saturated carbocycles. The Morgan fingerprint density at radius 3 is 2.32 bits per heavy atom. The third kappa shape index (κ3) is 5.57. The van der Waals surface area contributed by atoms with Gasteiger partial charge in [-0.05, 0) is 18.6 Å². The molecule has 1 aromatic carbocycles. The zero-order valence-corrected chi connectivity index (χ0v) is 11.7. The fourth-order valence-electron chi connectivity index (χ4n) is 1.68. The number of amides is 2. The maximum absolute atomic E-state index is 12.0. The molecule has 1 rings (SSSR count). The van der Waals surface area contributed by atoms with Crippen molar-refractivity contribution < 1.29 is 24.4 Å². The molecule has 1 atom stereocenters. The van der Waals surface area contributed by atoms with E-state index in [9.17, 15) is 24.5 Å². The summed E-state index contributed by atoms with van der Waals surface area (Å²) in [4.78, 5) is 43.6. The second-order valence-corrected chi connectivity index (χ2v) is 4.48. The molecule has 0 aliphatic heterocycles. The molecule has 118 valence electrons. The van der Waals surface area contributed by atoms with Gasteiger partial charge >= 0.3 is 5.97 Å². The minimum absolute atomic E-state index is 0.0618. The molecule has 0 fully saturated rings. The standard InChI is InChI=1S/C13H15N3O6/c1-8(17)14-11(6-7-12(18)19)13(20)15-9-2-4-10(5-3-9)16(21)22/h2-5,11H,6-7H2,1H3,(H,14,17)(H,15,20)(H,18,19). The zero-order chi connectivity index (χ0) is 16.7. The fourth-order valence-corrected chi connectivity index (χ4v) is 1.68. The number of rotatable bonds is 7. The van der Waals surface area contributed by atoms with Crippen LogP contribution in [0.2, 0.25) is 0 Å². The summed E-state index contributed by atoms with van der Waals surface area (Å²) in [6.07, 6.45) is -0.341. The number of benzene rings is 1. The summed E-state index contributed by atoms with van der Waals surface area (Å²) in [6.45, 7) is 1.22. The fraction of sp³-hybridized carbons (Fsp3) is 0.308. The van der Waals surface area contributed by atoms with Crippen LogP contribution in [0.25, 0.3) is 0 Å². The van der Waals surface area contributed by atoms with Crippen LogP contribution in [-0.4, -0.2) is 33.9 Å². The van der Waals surface area contributed by atoms with Crippen molar-refractivity contribution in [1.29, 1.82) is 0 Å². The molecule has 0 spiro atoms.